The van der Waals surface area contributed by atoms with Gasteiger partial charge in [-0.3, -0.25) is 0 Å². The van der Waals surface area contributed by atoms with Crippen LogP contribution in [0.15, 0.2) is 12.4 Å². The van der Waals surface area contributed by atoms with Gasteiger partial charge < -0.3 is 4.90 Å². The molecule has 1 aromatic rings. The van der Waals surface area contributed by atoms with Gasteiger partial charge in [0.15, 0.2) is 0 Å². The lowest BCUT2D eigenvalue weighted by Gasteiger charge is -2.23. The second kappa shape index (κ2) is 6.63. The van der Waals surface area contributed by atoms with E-state index in [-0.39, 0.29) is 0 Å². The van der Waals surface area contributed by atoms with Crippen LogP contribution < -0.4 is 4.90 Å². The number of nitriles is 1. The zero-order valence-electron chi connectivity index (χ0n) is 9.52. The molecule has 0 N–H and O–H groups in total. The van der Waals surface area contributed by atoms with Crippen LogP contribution in [0.3, 0.4) is 0 Å². The largest absolute Gasteiger partial charge is 0.340 e. The van der Waals surface area contributed by atoms with Gasteiger partial charge in [0.25, 0.3) is 0 Å². The molecule has 0 atom stereocenters. The topological polar surface area (TPSA) is 52.8 Å². The molecular weight excluding hydrogens is 315 g/mol. The van der Waals surface area contributed by atoms with Gasteiger partial charge in [-0.15, -0.1) is 0 Å². The summed E-state index contributed by atoms with van der Waals surface area (Å²) >= 11 is 2.18. The van der Waals surface area contributed by atoms with Crippen LogP contribution in [0.1, 0.15) is 20.3 Å². The van der Waals surface area contributed by atoms with Gasteiger partial charge in [0.1, 0.15) is 0 Å². The van der Waals surface area contributed by atoms with Crippen LogP contribution >= 0.6 is 22.6 Å². The van der Waals surface area contributed by atoms with Crippen LogP contribution in [0.4, 0.5) is 5.95 Å². The zero-order chi connectivity index (χ0) is 12.0. The molecule has 0 spiro atoms. The molecule has 0 aliphatic carbocycles. The first-order valence-corrected chi connectivity index (χ1v) is 6.30. The Bertz CT molecular complexity index is 355. The lowest BCUT2D eigenvalue weighted by atomic mass is 10.2. The van der Waals surface area contributed by atoms with E-state index in [1.807, 2.05) is 0 Å². The minimum absolute atomic E-state index is 0.502. The highest BCUT2D eigenvalue weighted by Crippen LogP contribution is 2.11. The molecule has 86 valence electrons. The molecule has 0 bridgehead atoms. The highest BCUT2D eigenvalue weighted by molar-refractivity contribution is 14.1. The fourth-order valence-electron chi connectivity index (χ4n) is 1.37. The fourth-order valence-corrected chi connectivity index (χ4v) is 1.65. The van der Waals surface area contributed by atoms with E-state index in [2.05, 4.69) is 57.4 Å². The van der Waals surface area contributed by atoms with Gasteiger partial charge in [0.2, 0.25) is 5.95 Å². The summed E-state index contributed by atoms with van der Waals surface area (Å²) in [4.78, 5) is 10.6. The van der Waals surface area contributed by atoms with Gasteiger partial charge in [-0.1, -0.05) is 13.8 Å². The first-order valence-electron chi connectivity index (χ1n) is 5.23. The molecular formula is C11H15IN4. The third-order valence-electron chi connectivity index (χ3n) is 1.97. The van der Waals surface area contributed by atoms with Crippen molar-refractivity contribution in [1.29, 1.82) is 5.26 Å². The summed E-state index contributed by atoms with van der Waals surface area (Å²) in [5.41, 5.74) is 0. The zero-order valence-corrected chi connectivity index (χ0v) is 11.7. The number of hydrogen-bond donors (Lipinski definition) is 0. The summed E-state index contributed by atoms with van der Waals surface area (Å²) in [6.07, 6.45) is 4.09. The van der Waals surface area contributed by atoms with Crippen molar-refractivity contribution in [3.63, 3.8) is 0 Å². The Morgan fingerprint density at radius 3 is 2.56 bits per heavy atom. The minimum Gasteiger partial charge on any atom is -0.340 e. The van der Waals surface area contributed by atoms with E-state index in [9.17, 15) is 0 Å². The number of nitrogens with zero attached hydrogens (tertiary/aromatic N) is 4. The predicted octanol–water partition coefficient (Wildman–Crippen LogP) is 2.46. The first kappa shape index (κ1) is 13.2. The third kappa shape index (κ3) is 4.31. The van der Waals surface area contributed by atoms with Crippen molar-refractivity contribution >= 4 is 28.5 Å². The van der Waals surface area contributed by atoms with Crippen LogP contribution in [-0.4, -0.2) is 23.1 Å². The van der Waals surface area contributed by atoms with Gasteiger partial charge in [-0.25, -0.2) is 9.97 Å². The van der Waals surface area contributed by atoms with Crippen LogP contribution in [0.2, 0.25) is 0 Å². The molecule has 1 aromatic heterocycles. The SMILES string of the molecule is CC(C)CN(CCC#N)c1ncc(I)cn1. The number of aromatic nitrogens is 2. The number of rotatable bonds is 5. The molecule has 0 unspecified atom stereocenters. The Labute approximate surface area is 110 Å². The van der Waals surface area contributed by atoms with Crippen LogP contribution in [0.5, 0.6) is 0 Å². The average molecular weight is 330 g/mol. The Morgan fingerprint density at radius 2 is 2.06 bits per heavy atom. The van der Waals surface area contributed by atoms with Crippen molar-refractivity contribution in [3.05, 3.63) is 16.0 Å². The molecule has 0 aliphatic heterocycles. The van der Waals surface area contributed by atoms with Gasteiger partial charge >= 0.3 is 0 Å². The van der Waals surface area contributed by atoms with E-state index in [1.54, 1.807) is 12.4 Å². The quantitative estimate of drug-likeness (QED) is 0.778. The number of halogens is 1. The number of hydrogen-bond acceptors (Lipinski definition) is 4. The lowest BCUT2D eigenvalue weighted by molar-refractivity contribution is 0.602. The summed E-state index contributed by atoms with van der Waals surface area (Å²) in [6, 6.07) is 2.15. The van der Waals surface area contributed by atoms with Gasteiger partial charge in [-0.2, -0.15) is 5.26 Å². The van der Waals surface area contributed by atoms with Crippen LogP contribution in [0, 0.1) is 20.8 Å². The molecule has 4 nitrogen and oxygen atoms in total. The monoisotopic (exact) mass is 330 g/mol. The van der Waals surface area contributed by atoms with Gasteiger partial charge in [-0.05, 0) is 28.5 Å². The molecule has 5 heteroatoms. The Kier molecular flexibility index (Phi) is 5.46. The Morgan fingerprint density at radius 1 is 1.44 bits per heavy atom. The summed E-state index contributed by atoms with van der Waals surface area (Å²) in [6.45, 7) is 5.86. The molecule has 16 heavy (non-hydrogen) atoms. The van der Waals surface area contributed by atoms with Crippen molar-refractivity contribution in [3.8, 4) is 6.07 Å². The molecule has 0 saturated carbocycles. The first-order chi connectivity index (χ1) is 7.63. The second-order valence-electron chi connectivity index (χ2n) is 3.95. The summed E-state index contributed by atoms with van der Waals surface area (Å²) < 4.78 is 1.02. The average Bonchev–Trinajstić information content (AvgIpc) is 2.25. The van der Waals surface area contributed by atoms with E-state index in [1.165, 1.54) is 0 Å². The summed E-state index contributed by atoms with van der Waals surface area (Å²) in [7, 11) is 0. The van der Waals surface area contributed by atoms with Crippen LogP contribution in [0.25, 0.3) is 0 Å². The summed E-state index contributed by atoms with van der Waals surface area (Å²) in [5, 5.41) is 8.62. The molecule has 0 saturated heterocycles. The molecule has 0 fully saturated rings. The standard InChI is InChI=1S/C11H15IN4/c1-9(2)8-16(5-3-4-13)11-14-6-10(12)7-15-11/h6-7,9H,3,5,8H2,1-2H3. The van der Waals surface area contributed by atoms with E-state index >= 15 is 0 Å². The van der Waals surface area contributed by atoms with Gasteiger partial charge in [0.05, 0.1) is 12.5 Å². The maximum atomic E-state index is 8.62. The normalized spacial score (nSPS) is 10.2. The lowest BCUT2D eigenvalue weighted by Crippen LogP contribution is -2.30. The van der Waals surface area contributed by atoms with Crippen LogP contribution in [-0.2, 0) is 0 Å². The predicted molar refractivity (Wildman–Crippen MR) is 72.0 cm³/mol. The molecule has 1 rings (SSSR count). The minimum atomic E-state index is 0.502. The Balaban J connectivity index is 2.75. The number of anilines is 1. The molecule has 0 radical (unpaired) electrons. The van der Waals surface area contributed by atoms with E-state index in [0.29, 0.717) is 24.8 Å². The summed E-state index contributed by atoms with van der Waals surface area (Å²) in [5.74, 6) is 1.24. The maximum Gasteiger partial charge on any atom is 0.225 e. The molecule has 1 heterocycles. The highest BCUT2D eigenvalue weighted by atomic mass is 127. The van der Waals surface area contributed by atoms with Crippen molar-refractivity contribution in [1.82, 2.24) is 9.97 Å². The van der Waals surface area contributed by atoms with Crippen molar-refractivity contribution in [2.75, 3.05) is 18.0 Å². The van der Waals surface area contributed by atoms with E-state index in [4.69, 9.17) is 5.26 Å². The third-order valence-corrected chi connectivity index (χ3v) is 2.53. The van der Waals surface area contributed by atoms with Crippen molar-refractivity contribution in [2.24, 2.45) is 5.92 Å². The maximum absolute atomic E-state index is 8.62. The molecule has 0 aliphatic rings. The van der Waals surface area contributed by atoms with E-state index in [0.717, 1.165) is 10.1 Å². The van der Waals surface area contributed by atoms with E-state index < -0.39 is 0 Å². The second-order valence-corrected chi connectivity index (χ2v) is 5.19. The smallest absolute Gasteiger partial charge is 0.225 e. The molecule has 0 aromatic carbocycles. The highest BCUT2D eigenvalue weighted by Gasteiger charge is 2.10. The Hall–Kier alpha value is -0.900. The van der Waals surface area contributed by atoms with Crippen molar-refractivity contribution in [2.45, 2.75) is 20.3 Å². The molecule has 0 amide bonds. The van der Waals surface area contributed by atoms with Gasteiger partial charge in [0, 0.05) is 29.1 Å². The fraction of sp³-hybridized carbons (Fsp3) is 0.545. The van der Waals surface area contributed by atoms with Crippen molar-refractivity contribution < 1.29 is 0 Å².